The van der Waals surface area contributed by atoms with Crippen LogP contribution in [0, 0.1) is 5.41 Å². The van der Waals surface area contributed by atoms with Gasteiger partial charge in [-0.1, -0.05) is 12.1 Å². The largest absolute Gasteiger partial charge is 0.468 e. The number of amides is 1. The number of methoxy groups -OCH3 is 1. The van der Waals surface area contributed by atoms with E-state index in [9.17, 15) is 14.4 Å². The van der Waals surface area contributed by atoms with Crippen LogP contribution < -0.4 is 5.32 Å². The van der Waals surface area contributed by atoms with Crippen molar-refractivity contribution in [3.63, 3.8) is 0 Å². The van der Waals surface area contributed by atoms with Gasteiger partial charge in [-0.05, 0) is 44.4 Å². The lowest BCUT2D eigenvalue weighted by molar-refractivity contribution is -0.181. The number of aryl methyl sites for hydroxylation is 1. The Morgan fingerprint density at radius 2 is 1.96 bits per heavy atom. The van der Waals surface area contributed by atoms with Crippen molar-refractivity contribution < 1.29 is 23.9 Å². The second-order valence-electron chi connectivity index (χ2n) is 6.67. The van der Waals surface area contributed by atoms with E-state index < -0.39 is 17.5 Å². The zero-order chi connectivity index (χ0) is 18.6. The molecule has 6 heteroatoms. The van der Waals surface area contributed by atoms with Gasteiger partial charge in [0, 0.05) is 19.0 Å². The van der Waals surface area contributed by atoms with Crippen molar-refractivity contribution in [2.75, 3.05) is 12.4 Å². The maximum absolute atomic E-state index is 12.5. The summed E-state index contributed by atoms with van der Waals surface area (Å²) < 4.78 is 10.8. The summed E-state index contributed by atoms with van der Waals surface area (Å²) in [5, 5.41) is 2.72. The van der Waals surface area contributed by atoms with E-state index in [0.29, 0.717) is 12.8 Å². The second kappa shape index (κ2) is 7.78. The van der Waals surface area contributed by atoms with E-state index >= 15 is 0 Å². The highest BCUT2D eigenvalue weighted by Crippen LogP contribution is 2.37. The fourth-order valence-electron chi connectivity index (χ4n) is 3.19. The number of nitrogens with one attached hydrogen (secondary N) is 1. The second-order valence-corrected chi connectivity index (χ2v) is 6.67. The Morgan fingerprint density at radius 3 is 2.52 bits per heavy atom. The van der Waals surface area contributed by atoms with E-state index in [1.165, 1.54) is 14.0 Å². The summed E-state index contributed by atoms with van der Waals surface area (Å²) in [6.07, 6.45) is 0.662. The third-order valence-corrected chi connectivity index (χ3v) is 4.67. The first-order chi connectivity index (χ1) is 11.8. The zero-order valence-corrected chi connectivity index (χ0v) is 15.1. The number of benzene rings is 1. The normalized spacial score (nSPS) is 26.2. The first kappa shape index (κ1) is 19.1. The third-order valence-electron chi connectivity index (χ3n) is 4.67. The van der Waals surface area contributed by atoms with E-state index in [2.05, 4.69) is 5.32 Å². The smallest absolute Gasteiger partial charge is 0.321 e. The lowest BCUT2D eigenvalue weighted by Crippen LogP contribution is -2.54. The van der Waals surface area contributed by atoms with E-state index in [-0.39, 0.29) is 24.2 Å². The maximum atomic E-state index is 12.5. The Bertz CT molecular complexity index is 654. The number of carbonyl (C=O) groups is 3. The molecule has 1 fully saturated rings. The Balaban J connectivity index is 2.09. The standard InChI is InChI=1S/C19H25NO5/c1-12-11-16(22)19(3,18(23)24-4)17(25-12)10-7-14-5-8-15(9-6-14)20-13(2)21/h5-6,8-9,12,17H,7,10-11H2,1-4H3,(H,20,21)/t12-,17+,19-/m0/s1. The summed E-state index contributed by atoms with van der Waals surface area (Å²) >= 11 is 0. The number of rotatable bonds is 5. The van der Waals surface area contributed by atoms with Crippen LogP contribution in [0.1, 0.15) is 39.2 Å². The van der Waals surface area contributed by atoms with Gasteiger partial charge in [-0.2, -0.15) is 0 Å². The molecule has 3 atom stereocenters. The summed E-state index contributed by atoms with van der Waals surface area (Å²) in [6.45, 7) is 4.90. The number of ether oxygens (including phenoxy) is 2. The number of hydrogen-bond acceptors (Lipinski definition) is 5. The number of esters is 1. The Labute approximate surface area is 147 Å². The van der Waals surface area contributed by atoms with Gasteiger partial charge in [-0.15, -0.1) is 0 Å². The molecule has 2 rings (SSSR count). The maximum Gasteiger partial charge on any atom is 0.321 e. The van der Waals surface area contributed by atoms with Crippen molar-refractivity contribution in [1.29, 1.82) is 0 Å². The average molecular weight is 347 g/mol. The van der Waals surface area contributed by atoms with Gasteiger partial charge in [-0.3, -0.25) is 14.4 Å². The average Bonchev–Trinajstić information content (AvgIpc) is 2.56. The van der Waals surface area contributed by atoms with Crippen molar-refractivity contribution in [1.82, 2.24) is 0 Å². The van der Waals surface area contributed by atoms with E-state index in [0.717, 1.165) is 11.3 Å². The predicted molar refractivity (Wildman–Crippen MR) is 93.1 cm³/mol. The number of hydrogen-bond donors (Lipinski definition) is 1. The van der Waals surface area contributed by atoms with Gasteiger partial charge in [0.2, 0.25) is 5.91 Å². The van der Waals surface area contributed by atoms with Gasteiger partial charge >= 0.3 is 5.97 Å². The van der Waals surface area contributed by atoms with Crippen LogP contribution in [-0.4, -0.2) is 37.0 Å². The predicted octanol–water partition coefficient (Wildman–Crippen LogP) is 2.50. The molecule has 6 nitrogen and oxygen atoms in total. The molecule has 0 spiro atoms. The highest BCUT2D eigenvalue weighted by molar-refractivity contribution is 6.04. The summed E-state index contributed by atoms with van der Waals surface area (Å²) in [5.41, 5.74) is 0.501. The molecule has 1 N–H and O–H groups in total. The van der Waals surface area contributed by atoms with Crippen LogP contribution in [0.25, 0.3) is 0 Å². The van der Waals surface area contributed by atoms with Crippen molar-refractivity contribution in [2.45, 2.75) is 52.2 Å². The van der Waals surface area contributed by atoms with Gasteiger partial charge in [0.15, 0.2) is 5.78 Å². The first-order valence-corrected chi connectivity index (χ1v) is 8.41. The molecule has 0 radical (unpaired) electrons. The summed E-state index contributed by atoms with van der Waals surface area (Å²) in [7, 11) is 1.29. The highest BCUT2D eigenvalue weighted by atomic mass is 16.5. The molecule has 1 aromatic rings. The molecular formula is C19H25NO5. The summed E-state index contributed by atoms with van der Waals surface area (Å²) in [4.78, 5) is 35.7. The molecule has 1 heterocycles. The fourth-order valence-corrected chi connectivity index (χ4v) is 3.19. The topological polar surface area (TPSA) is 81.7 Å². The van der Waals surface area contributed by atoms with Crippen molar-refractivity contribution in [3.05, 3.63) is 29.8 Å². The van der Waals surface area contributed by atoms with Gasteiger partial charge in [0.05, 0.1) is 19.3 Å². The SMILES string of the molecule is COC(=O)[C@@]1(C)C(=O)C[C@H](C)O[C@@H]1CCc1ccc(NC(C)=O)cc1. The Morgan fingerprint density at radius 1 is 1.32 bits per heavy atom. The van der Waals surface area contributed by atoms with Crippen LogP contribution in [0.5, 0.6) is 0 Å². The number of anilines is 1. The number of Topliss-reactive ketones (excluding diaryl/α,β-unsaturated/α-hetero) is 1. The van der Waals surface area contributed by atoms with Crippen molar-refractivity contribution in [3.8, 4) is 0 Å². The molecule has 136 valence electrons. The minimum Gasteiger partial charge on any atom is -0.468 e. The van der Waals surface area contributed by atoms with Gasteiger partial charge in [0.25, 0.3) is 0 Å². The van der Waals surface area contributed by atoms with Gasteiger partial charge in [0.1, 0.15) is 5.41 Å². The molecule has 0 unspecified atom stereocenters. The lowest BCUT2D eigenvalue weighted by atomic mass is 9.74. The Kier molecular flexibility index (Phi) is 5.95. The molecule has 1 amide bonds. The Hall–Kier alpha value is -2.21. The quantitative estimate of drug-likeness (QED) is 0.654. The van der Waals surface area contributed by atoms with Crippen molar-refractivity contribution in [2.24, 2.45) is 5.41 Å². The van der Waals surface area contributed by atoms with Crippen LogP contribution in [-0.2, 0) is 30.3 Å². The lowest BCUT2D eigenvalue weighted by Gasteiger charge is -2.40. The van der Waals surface area contributed by atoms with Crippen LogP contribution in [0.4, 0.5) is 5.69 Å². The molecule has 25 heavy (non-hydrogen) atoms. The molecule has 0 aromatic heterocycles. The van der Waals surface area contributed by atoms with Gasteiger partial charge in [-0.25, -0.2) is 0 Å². The van der Waals surface area contributed by atoms with Crippen molar-refractivity contribution >= 4 is 23.3 Å². The van der Waals surface area contributed by atoms with E-state index in [1.807, 2.05) is 31.2 Å². The van der Waals surface area contributed by atoms with E-state index in [1.54, 1.807) is 6.92 Å². The number of ketones is 1. The third kappa shape index (κ3) is 4.25. The number of carbonyl (C=O) groups excluding carboxylic acids is 3. The molecule has 1 aromatic carbocycles. The van der Waals surface area contributed by atoms with E-state index in [4.69, 9.17) is 9.47 Å². The minimum absolute atomic E-state index is 0.121. The molecule has 0 bridgehead atoms. The molecule has 1 aliphatic rings. The summed E-state index contributed by atoms with van der Waals surface area (Å²) in [5.74, 6) is -0.802. The molecule has 1 aliphatic heterocycles. The van der Waals surface area contributed by atoms with Gasteiger partial charge < -0.3 is 14.8 Å². The molecular weight excluding hydrogens is 322 g/mol. The summed E-state index contributed by atoms with van der Waals surface area (Å²) in [6, 6.07) is 7.47. The van der Waals surface area contributed by atoms with Crippen LogP contribution in [0.2, 0.25) is 0 Å². The highest BCUT2D eigenvalue weighted by Gasteiger charge is 2.52. The minimum atomic E-state index is -1.27. The van der Waals surface area contributed by atoms with Crippen LogP contribution in [0.3, 0.4) is 0 Å². The van der Waals surface area contributed by atoms with Crippen LogP contribution >= 0.6 is 0 Å². The zero-order valence-electron chi connectivity index (χ0n) is 15.1. The molecule has 1 saturated heterocycles. The molecule has 0 saturated carbocycles. The van der Waals surface area contributed by atoms with Crippen LogP contribution in [0.15, 0.2) is 24.3 Å². The monoisotopic (exact) mass is 347 g/mol. The molecule has 0 aliphatic carbocycles. The fraction of sp³-hybridized carbons (Fsp3) is 0.526. The first-order valence-electron chi connectivity index (χ1n) is 8.41.